The van der Waals surface area contributed by atoms with Crippen LogP contribution in [-0.4, -0.2) is 18.3 Å². The summed E-state index contributed by atoms with van der Waals surface area (Å²) in [5, 5.41) is 9.47. The zero-order chi connectivity index (χ0) is 21.3. The largest absolute Gasteiger partial charge is 0.508 e. The molecule has 7 heteroatoms. The van der Waals surface area contributed by atoms with E-state index >= 15 is 0 Å². The Hall–Kier alpha value is -0.0800. The van der Waals surface area contributed by atoms with Gasteiger partial charge in [0.05, 0.1) is 4.47 Å². The van der Waals surface area contributed by atoms with E-state index in [0.717, 1.165) is 50.6 Å². The highest BCUT2D eigenvalue weighted by molar-refractivity contribution is 9.13. The van der Waals surface area contributed by atoms with Crippen molar-refractivity contribution in [3.05, 3.63) is 54.9 Å². The Morgan fingerprint density at radius 2 is 1.46 bits per heavy atom. The number of hydrogen-bond acceptors (Lipinski definition) is 3. The predicted molar refractivity (Wildman–Crippen MR) is 131 cm³/mol. The molecular weight excluding hydrogens is 620 g/mol. The number of rotatable bonds is 7. The topological polar surface area (TPSA) is 38.7 Å². The first-order valence-corrected chi connectivity index (χ1v) is 12.1. The minimum Gasteiger partial charge on any atom is -0.508 e. The Bertz CT molecular complexity index is 742. The summed E-state index contributed by atoms with van der Waals surface area (Å²) >= 11 is 13.8. The molecule has 2 aromatic rings. The molecule has 2 rings (SSSR count). The first-order valence-electron chi connectivity index (χ1n) is 9.04. The molecule has 0 aliphatic carbocycles. The highest BCUT2D eigenvalue weighted by Gasteiger charge is 2.30. The van der Waals surface area contributed by atoms with Crippen molar-refractivity contribution < 1.29 is 13.7 Å². The van der Waals surface area contributed by atoms with Crippen molar-refractivity contribution in [1.29, 1.82) is 0 Å². The minimum atomic E-state index is -0.265. The molecule has 0 aromatic heterocycles. The molecule has 0 spiro atoms. The van der Waals surface area contributed by atoms with Crippen molar-refractivity contribution in [2.24, 2.45) is 0 Å². The smallest absolute Gasteiger partial charge is 0.179 e. The highest BCUT2D eigenvalue weighted by atomic mass is 79.9. The third kappa shape index (κ3) is 7.01. The number of aromatic hydroxyl groups is 1. The van der Waals surface area contributed by atoms with Crippen molar-refractivity contribution in [3.8, 4) is 11.5 Å². The summed E-state index contributed by atoms with van der Waals surface area (Å²) in [4.78, 5) is 0. The molecule has 0 saturated carbocycles. The molecule has 0 saturated heterocycles. The molecule has 156 valence electrons. The lowest BCUT2D eigenvalue weighted by molar-refractivity contribution is 0.135. The summed E-state index contributed by atoms with van der Waals surface area (Å²) in [6, 6.07) is 9.16. The fourth-order valence-electron chi connectivity index (χ4n) is 2.62. The maximum absolute atomic E-state index is 9.47. The number of benzene rings is 2. The van der Waals surface area contributed by atoms with Gasteiger partial charge in [0, 0.05) is 27.6 Å². The average Bonchev–Trinajstić information content (AvgIpc) is 2.66. The van der Waals surface area contributed by atoms with Crippen LogP contribution in [0.1, 0.15) is 51.7 Å². The van der Waals surface area contributed by atoms with Crippen molar-refractivity contribution in [2.45, 2.75) is 46.0 Å². The molecule has 28 heavy (non-hydrogen) atoms. The molecule has 3 nitrogen and oxygen atoms in total. The second-order valence-corrected chi connectivity index (χ2v) is 9.48. The molecular formula is C21H26Br4O3. The van der Waals surface area contributed by atoms with Crippen LogP contribution in [0.25, 0.3) is 0 Å². The van der Waals surface area contributed by atoms with Crippen LogP contribution >= 0.6 is 64.0 Å². The Morgan fingerprint density at radius 1 is 0.929 bits per heavy atom. The van der Waals surface area contributed by atoms with Gasteiger partial charge >= 0.3 is 0 Å². The number of phenols is 1. The molecule has 0 aliphatic rings. The third-order valence-corrected chi connectivity index (χ3v) is 7.21. The Kier molecular flexibility index (Phi) is 11.7. The van der Waals surface area contributed by atoms with Crippen molar-refractivity contribution >= 4 is 64.0 Å². The lowest BCUT2D eigenvalue weighted by Gasteiger charge is -2.29. The van der Waals surface area contributed by atoms with Gasteiger partial charge in [-0.05, 0) is 74.0 Å². The SMILES string of the molecule is CC(C)(c1ccc(O)cc1)c1c(Br)cc(OBr)c(Br)c1Br.CCCOCCC. The summed E-state index contributed by atoms with van der Waals surface area (Å²) in [6.07, 6.45) is 2.28. The fourth-order valence-corrected chi connectivity index (χ4v) is 5.55. The first kappa shape index (κ1) is 26.0. The summed E-state index contributed by atoms with van der Waals surface area (Å²) in [6.45, 7) is 10.4. The molecule has 0 atom stereocenters. The van der Waals surface area contributed by atoms with Gasteiger partial charge in [-0.3, -0.25) is 0 Å². The van der Waals surface area contributed by atoms with Crippen molar-refractivity contribution in [2.75, 3.05) is 13.2 Å². The first-order chi connectivity index (χ1) is 13.2. The number of phenolic OH excluding ortho intramolecular Hbond substituents is 1. The van der Waals surface area contributed by atoms with E-state index in [2.05, 4.69) is 91.7 Å². The highest BCUT2D eigenvalue weighted by Crippen LogP contribution is 2.47. The number of ether oxygens (including phenoxy) is 1. The van der Waals surface area contributed by atoms with Gasteiger partial charge in [-0.1, -0.05) is 55.8 Å². The van der Waals surface area contributed by atoms with Crippen LogP contribution in [-0.2, 0) is 10.2 Å². The quantitative estimate of drug-likeness (QED) is 0.242. The molecule has 2 aromatic carbocycles. The van der Waals surface area contributed by atoms with E-state index < -0.39 is 0 Å². The fraction of sp³-hybridized carbons (Fsp3) is 0.429. The normalized spacial score (nSPS) is 11.0. The van der Waals surface area contributed by atoms with Gasteiger partial charge < -0.3 is 13.7 Å². The van der Waals surface area contributed by atoms with E-state index in [1.807, 2.05) is 18.2 Å². The summed E-state index contributed by atoms with van der Waals surface area (Å²) in [5.41, 5.74) is 1.92. The zero-order valence-corrected chi connectivity index (χ0v) is 22.8. The number of hydrogen-bond donors (Lipinski definition) is 1. The zero-order valence-electron chi connectivity index (χ0n) is 16.5. The molecule has 0 fully saturated rings. The average molecular weight is 646 g/mol. The molecule has 0 aliphatic heterocycles. The van der Waals surface area contributed by atoms with Crippen LogP contribution < -0.4 is 3.83 Å². The van der Waals surface area contributed by atoms with Gasteiger partial charge in [0.15, 0.2) is 22.0 Å². The maximum Gasteiger partial charge on any atom is 0.179 e. The van der Waals surface area contributed by atoms with Crippen molar-refractivity contribution in [3.63, 3.8) is 0 Å². The molecule has 1 N–H and O–H groups in total. The van der Waals surface area contributed by atoms with Gasteiger partial charge in [-0.15, -0.1) is 0 Å². The summed E-state index contributed by atoms with van der Waals surface area (Å²) < 4.78 is 13.0. The van der Waals surface area contributed by atoms with E-state index in [-0.39, 0.29) is 11.2 Å². The maximum atomic E-state index is 9.47. The Labute approximate surface area is 202 Å². The summed E-state index contributed by atoms with van der Waals surface area (Å²) in [7, 11) is 0. The van der Waals surface area contributed by atoms with E-state index in [1.54, 1.807) is 12.1 Å². The summed E-state index contributed by atoms with van der Waals surface area (Å²) in [5.74, 6) is 0.941. The Morgan fingerprint density at radius 3 is 1.93 bits per heavy atom. The monoisotopic (exact) mass is 642 g/mol. The van der Waals surface area contributed by atoms with E-state index in [1.165, 1.54) is 0 Å². The van der Waals surface area contributed by atoms with Gasteiger partial charge in [0.2, 0.25) is 0 Å². The van der Waals surface area contributed by atoms with Crippen LogP contribution in [0.15, 0.2) is 43.7 Å². The van der Waals surface area contributed by atoms with Crippen LogP contribution in [0.2, 0.25) is 0 Å². The van der Waals surface area contributed by atoms with E-state index in [0.29, 0.717) is 5.75 Å². The van der Waals surface area contributed by atoms with Crippen LogP contribution in [0.5, 0.6) is 11.5 Å². The molecule has 0 radical (unpaired) electrons. The van der Waals surface area contributed by atoms with Crippen LogP contribution in [0.4, 0.5) is 0 Å². The second-order valence-electron chi connectivity index (χ2n) is 6.72. The molecule has 0 heterocycles. The molecule has 0 bridgehead atoms. The standard InChI is InChI=1S/C15H12Br4O2.C6H14O/c1-15(2,8-3-5-9(20)6-4-8)12-10(16)7-11(21-19)13(17)14(12)18;1-3-5-7-6-4-2/h3-7,20H,1-2H3;3-6H2,1-2H3. The third-order valence-electron chi connectivity index (χ3n) is 4.12. The lowest BCUT2D eigenvalue weighted by Crippen LogP contribution is -2.20. The van der Waals surface area contributed by atoms with Gasteiger partial charge in [-0.2, -0.15) is 0 Å². The van der Waals surface area contributed by atoms with Gasteiger partial charge in [-0.25, -0.2) is 0 Å². The van der Waals surface area contributed by atoms with Crippen LogP contribution in [0.3, 0.4) is 0 Å². The van der Waals surface area contributed by atoms with Crippen molar-refractivity contribution in [1.82, 2.24) is 0 Å². The second kappa shape index (κ2) is 12.6. The van der Waals surface area contributed by atoms with Gasteiger partial charge in [0.25, 0.3) is 0 Å². The van der Waals surface area contributed by atoms with E-state index in [4.69, 9.17) is 8.57 Å². The number of halogens is 4. The Balaban J connectivity index is 0.000000480. The molecule has 0 unspecified atom stereocenters. The lowest BCUT2D eigenvalue weighted by atomic mass is 9.78. The van der Waals surface area contributed by atoms with Crippen LogP contribution in [0, 0.1) is 0 Å². The van der Waals surface area contributed by atoms with E-state index in [9.17, 15) is 5.11 Å². The molecule has 0 amide bonds. The minimum absolute atomic E-state index is 0.261. The van der Waals surface area contributed by atoms with Gasteiger partial charge in [0.1, 0.15) is 5.75 Å². The predicted octanol–water partition coefficient (Wildman–Crippen LogP) is 8.52.